The Bertz CT molecular complexity index is 931. The van der Waals surface area contributed by atoms with Crippen molar-refractivity contribution in [2.45, 2.75) is 17.7 Å². The second kappa shape index (κ2) is 8.04. The van der Waals surface area contributed by atoms with E-state index >= 15 is 0 Å². The molecular formula is C18H17BrF2N2O3S. The van der Waals surface area contributed by atoms with Crippen LogP contribution >= 0.6 is 15.9 Å². The largest absolute Gasteiger partial charge is 0.321 e. The van der Waals surface area contributed by atoms with Crippen LogP contribution in [0.5, 0.6) is 0 Å². The molecule has 9 heteroatoms. The van der Waals surface area contributed by atoms with Gasteiger partial charge in [-0.25, -0.2) is 17.2 Å². The summed E-state index contributed by atoms with van der Waals surface area (Å²) in [6.45, 7) is 0.247. The van der Waals surface area contributed by atoms with Crippen LogP contribution in [-0.4, -0.2) is 31.7 Å². The molecular weight excluding hydrogens is 442 g/mol. The van der Waals surface area contributed by atoms with E-state index in [9.17, 15) is 22.0 Å². The van der Waals surface area contributed by atoms with Gasteiger partial charge in [0.15, 0.2) is 0 Å². The van der Waals surface area contributed by atoms with E-state index in [2.05, 4.69) is 21.2 Å². The molecule has 1 aliphatic rings. The Morgan fingerprint density at radius 1 is 1.11 bits per heavy atom. The molecule has 5 nitrogen and oxygen atoms in total. The smallest absolute Gasteiger partial charge is 0.243 e. The van der Waals surface area contributed by atoms with Crippen molar-refractivity contribution in [3.8, 4) is 0 Å². The minimum Gasteiger partial charge on any atom is -0.321 e. The predicted molar refractivity (Wildman–Crippen MR) is 101 cm³/mol. The lowest BCUT2D eigenvalue weighted by molar-refractivity contribution is -0.120. The number of amides is 1. The van der Waals surface area contributed by atoms with Crippen LogP contribution in [0, 0.1) is 17.6 Å². The quantitative estimate of drug-likeness (QED) is 0.758. The van der Waals surface area contributed by atoms with Crippen molar-refractivity contribution in [2.75, 3.05) is 18.4 Å². The Morgan fingerprint density at radius 3 is 2.37 bits per heavy atom. The van der Waals surface area contributed by atoms with Gasteiger partial charge in [-0.1, -0.05) is 22.0 Å². The lowest BCUT2D eigenvalue weighted by Crippen LogP contribution is -2.43. The van der Waals surface area contributed by atoms with Gasteiger partial charge in [-0.2, -0.15) is 4.31 Å². The van der Waals surface area contributed by atoms with Gasteiger partial charge in [0.05, 0.1) is 10.8 Å². The van der Waals surface area contributed by atoms with Gasteiger partial charge < -0.3 is 5.32 Å². The number of carbonyl (C=O) groups excluding carboxylic acids is 1. The second-order valence-corrected chi connectivity index (χ2v) is 9.10. The van der Waals surface area contributed by atoms with E-state index in [0.29, 0.717) is 12.8 Å². The number of rotatable bonds is 4. The number of hydrogen-bond donors (Lipinski definition) is 1. The SMILES string of the molecule is O=C(Nc1c(F)cccc1F)C1CCCN(S(=O)(=O)c2ccc(Br)cc2)C1. The average Bonchev–Trinajstić information content (AvgIpc) is 2.65. The van der Waals surface area contributed by atoms with Crippen LogP contribution in [0.4, 0.5) is 14.5 Å². The zero-order valence-corrected chi connectivity index (χ0v) is 16.6. The Kier molecular flexibility index (Phi) is 5.92. The summed E-state index contributed by atoms with van der Waals surface area (Å²) in [6, 6.07) is 9.51. The standard InChI is InChI=1S/C18H17BrF2N2O3S/c19-13-6-8-14(9-7-13)27(25,26)23-10-2-3-12(11-23)18(24)22-17-15(20)4-1-5-16(17)21/h1,4-9,12H,2-3,10-11H2,(H,22,24). The van der Waals surface area contributed by atoms with Crippen molar-refractivity contribution in [3.05, 3.63) is 58.6 Å². The van der Waals surface area contributed by atoms with Crippen molar-refractivity contribution < 1.29 is 22.0 Å². The predicted octanol–water partition coefficient (Wildman–Crippen LogP) is 3.77. The van der Waals surface area contributed by atoms with Crippen LogP contribution in [-0.2, 0) is 14.8 Å². The molecule has 3 rings (SSSR count). The average molecular weight is 459 g/mol. The molecule has 1 saturated heterocycles. The van der Waals surface area contributed by atoms with Gasteiger partial charge in [-0.3, -0.25) is 4.79 Å². The summed E-state index contributed by atoms with van der Waals surface area (Å²) in [4.78, 5) is 12.6. The van der Waals surface area contributed by atoms with E-state index in [1.54, 1.807) is 12.1 Å². The topological polar surface area (TPSA) is 66.5 Å². The Morgan fingerprint density at radius 2 is 1.74 bits per heavy atom. The monoisotopic (exact) mass is 458 g/mol. The first-order valence-electron chi connectivity index (χ1n) is 8.29. The van der Waals surface area contributed by atoms with Crippen LogP contribution in [0.2, 0.25) is 0 Å². The van der Waals surface area contributed by atoms with Crippen LogP contribution < -0.4 is 5.32 Å². The highest BCUT2D eigenvalue weighted by Crippen LogP contribution is 2.26. The molecule has 0 aromatic heterocycles. The normalized spacial score (nSPS) is 18.3. The number of anilines is 1. The van der Waals surface area contributed by atoms with Gasteiger partial charge in [0.1, 0.15) is 17.3 Å². The van der Waals surface area contributed by atoms with Crippen LogP contribution in [0.15, 0.2) is 51.8 Å². The molecule has 0 aliphatic carbocycles. The molecule has 0 radical (unpaired) electrons. The minimum atomic E-state index is -3.75. The van der Waals surface area contributed by atoms with E-state index in [1.165, 1.54) is 22.5 Å². The zero-order valence-electron chi connectivity index (χ0n) is 14.2. The molecule has 0 bridgehead atoms. The van der Waals surface area contributed by atoms with Crippen LogP contribution in [0.25, 0.3) is 0 Å². The van der Waals surface area contributed by atoms with E-state index in [1.807, 2.05) is 0 Å². The van der Waals surface area contributed by atoms with Crippen molar-refractivity contribution in [1.29, 1.82) is 0 Å². The summed E-state index contributed by atoms with van der Waals surface area (Å²) >= 11 is 3.26. The van der Waals surface area contributed by atoms with E-state index in [-0.39, 0.29) is 18.0 Å². The Labute approximate surface area is 164 Å². The maximum Gasteiger partial charge on any atom is 0.243 e. The molecule has 0 spiro atoms. The Hall–Kier alpha value is -1.84. The van der Waals surface area contributed by atoms with Crippen LogP contribution in [0.1, 0.15) is 12.8 Å². The number of piperidine rings is 1. The first kappa shape index (κ1) is 19.9. The number of hydrogen-bond acceptors (Lipinski definition) is 3. The van der Waals surface area contributed by atoms with Gasteiger partial charge in [0.2, 0.25) is 15.9 Å². The molecule has 1 fully saturated rings. The maximum absolute atomic E-state index is 13.7. The highest BCUT2D eigenvalue weighted by atomic mass is 79.9. The summed E-state index contributed by atoms with van der Waals surface area (Å²) in [5.74, 6) is -3.05. The summed E-state index contributed by atoms with van der Waals surface area (Å²) < 4.78 is 55.0. The van der Waals surface area contributed by atoms with Crippen LogP contribution in [0.3, 0.4) is 0 Å². The number of carbonyl (C=O) groups is 1. The molecule has 1 atom stereocenters. The molecule has 1 N–H and O–H groups in total. The number of sulfonamides is 1. The molecule has 1 unspecified atom stereocenters. The number of nitrogens with one attached hydrogen (secondary N) is 1. The third kappa shape index (κ3) is 4.36. The van der Waals surface area contributed by atoms with E-state index < -0.39 is 39.2 Å². The summed E-state index contributed by atoms with van der Waals surface area (Å²) in [5, 5.41) is 2.25. The lowest BCUT2D eigenvalue weighted by Gasteiger charge is -2.31. The highest BCUT2D eigenvalue weighted by molar-refractivity contribution is 9.10. The summed E-state index contributed by atoms with van der Waals surface area (Å²) in [6.07, 6.45) is 0.919. The van der Waals surface area contributed by atoms with Gasteiger partial charge >= 0.3 is 0 Å². The fourth-order valence-electron chi connectivity index (χ4n) is 2.97. The number of para-hydroxylation sites is 1. The molecule has 0 saturated carbocycles. The minimum absolute atomic E-state index is 0.0414. The van der Waals surface area contributed by atoms with E-state index in [0.717, 1.165) is 16.6 Å². The Balaban J connectivity index is 1.75. The molecule has 1 aliphatic heterocycles. The summed E-state index contributed by atoms with van der Waals surface area (Å²) in [7, 11) is -3.75. The fraction of sp³-hybridized carbons (Fsp3) is 0.278. The highest BCUT2D eigenvalue weighted by Gasteiger charge is 2.33. The lowest BCUT2D eigenvalue weighted by atomic mass is 9.98. The number of halogens is 3. The van der Waals surface area contributed by atoms with Gasteiger partial charge in [0, 0.05) is 17.6 Å². The molecule has 2 aromatic carbocycles. The van der Waals surface area contributed by atoms with Gasteiger partial charge in [-0.15, -0.1) is 0 Å². The summed E-state index contributed by atoms with van der Waals surface area (Å²) in [5.41, 5.74) is -0.518. The molecule has 27 heavy (non-hydrogen) atoms. The van der Waals surface area contributed by atoms with Gasteiger partial charge in [-0.05, 0) is 49.2 Å². The first-order chi connectivity index (χ1) is 12.8. The first-order valence-corrected chi connectivity index (χ1v) is 10.5. The van der Waals surface area contributed by atoms with Crippen molar-refractivity contribution in [1.82, 2.24) is 4.31 Å². The number of benzene rings is 2. The number of nitrogens with zero attached hydrogens (tertiary/aromatic N) is 1. The molecule has 1 amide bonds. The third-order valence-corrected chi connectivity index (χ3v) is 6.83. The van der Waals surface area contributed by atoms with Crippen molar-refractivity contribution in [3.63, 3.8) is 0 Å². The zero-order chi connectivity index (χ0) is 19.6. The molecule has 1 heterocycles. The van der Waals surface area contributed by atoms with Gasteiger partial charge in [0.25, 0.3) is 0 Å². The maximum atomic E-state index is 13.7. The fourth-order valence-corrected chi connectivity index (χ4v) is 4.76. The molecule has 144 valence electrons. The molecule has 2 aromatic rings. The second-order valence-electron chi connectivity index (χ2n) is 6.24. The van der Waals surface area contributed by atoms with Crippen molar-refractivity contribution in [2.24, 2.45) is 5.92 Å². The van der Waals surface area contributed by atoms with Crippen molar-refractivity contribution >= 4 is 37.5 Å². The van der Waals surface area contributed by atoms with E-state index in [4.69, 9.17) is 0 Å². The third-order valence-electron chi connectivity index (χ3n) is 4.42.